The molecule has 5 nitrogen and oxygen atoms in total. The lowest BCUT2D eigenvalue weighted by atomic mass is 10.1. The van der Waals surface area contributed by atoms with Crippen LogP contribution < -0.4 is 15.8 Å². The molecule has 120 valence electrons. The zero-order valence-electron chi connectivity index (χ0n) is 13.7. The fourth-order valence-electron chi connectivity index (χ4n) is 3.34. The highest BCUT2D eigenvalue weighted by Crippen LogP contribution is 2.24. The number of amides is 1. The summed E-state index contributed by atoms with van der Waals surface area (Å²) >= 11 is 0. The number of hydrogen-bond acceptors (Lipinski definition) is 4. The van der Waals surface area contributed by atoms with Gasteiger partial charge in [0.25, 0.3) is 0 Å². The van der Waals surface area contributed by atoms with E-state index in [9.17, 15) is 4.79 Å². The third-order valence-corrected chi connectivity index (χ3v) is 4.90. The number of nitrogens with zero attached hydrogens (tertiary/aromatic N) is 2. The molecule has 1 aromatic rings. The van der Waals surface area contributed by atoms with Gasteiger partial charge in [-0.3, -0.25) is 10.2 Å². The summed E-state index contributed by atoms with van der Waals surface area (Å²) in [7, 11) is 0. The molecule has 0 aromatic heterocycles. The molecule has 22 heavy (non-hydrogen) atoms. The first-order valence-corrected chi connectivity index (χ1v) is 8.17. The van der Waals surface area contributed by atoms with Gasteiger partial charge in [0.15, 0.2) is 0 Å². The predicted octanol–water partition coefficient (Wildman–Crippen LogP) is 1.21. The number of benzene rings is 1. The van der Waals surface area contributed by atoms with Crippen LogP contribution >= 0.6 is 0 Å². The van der Waals surface area contributed by atoms with Crippen molar-refractivity contribution >= 4 is 11.6 Å². The molecule has 2 heterocycles. The number of carbonyl (C=O) groups is 1. The number of carbonyl (C=O) groups excluding carboxylic acids is 1. The Morgan fingerprint density at radius 2 is 1.86 bits per heavy atom. The van der Waals surface area contributed by atoms with Gasteiger partial charge < -0.3 is 9.80 Å². The molecular weight excluding hydrogens is 276 g/mol. The van der Waals surface area contributed by atoms with Gasteiger partial charge in [-0.05, 0) is 44.4 Å². The summed E-state index contributed by atoms with van der Waals surface area (Å²) in [6.45, 7) is 9.85. The largest absolute Gasteiger partial charge is 0.368 e. The summed E-state index contributed by atoms with van der Waals surface area (Å²) in [6, 6.07) is 6.75. The molecule has 2 unspecified atom stereocenters. The van der Waals surface area contributed by atoms with E-state index in [1.807, 2.05) is 4.90 Å². The van der Waals surface area contributed by atoms with Gasteiger partial charge in [0.1, 0.15) is 6.04 Å². The Morgan fingerprint density at radius 3 is 2.50 bits per heavy atom. The van der Waals surface area contributed by atoms with E-state index < -0.39 is 0 Å². The minimum atomic E-state index is -0.0674. The van der Waals surface area contributed by atoms with Gasteiger partial charge in [-0.15, -0.1) is 0 Å². The Bertz CT molecular complexity index is 552. The number of hydrogen-bond donors (Lipinski definition) is 2. The standard InChI is InChI=1S/C17H26N4O/c1-12-5-4-6-16(14(12)3)20-7-9-21(10-8-20)17(22)15-11-13(2)18-19-15/h4-6,13,15,18-19H,7-11H2,1-3H3. The average Bonchev–Trinajstić information content (AvgIpc) is 2.96. The van der Waals surface area contributed by atoms with Crippen molar-refractivity contribution in [1.82, 2.24) is 15.8 Å². The van der Waals surface area contributed by atoms with E-state index in [0.29, 0.717) is 6.04 Å². The third kappa shape index (κ3) is 2.96. The predicted molar refractivity (Wildman–Crippen MR) is 88.8 cm³/mol. The Balaban J connectivity index is 1.60. The Hall–Kier alpha value is -1.59. The van der Waals surface area contributed by atoms with Crippen LogP contribution in [0.15, 0.2) is 18.2 Å². The van der Waals surface area contributed by atoms with Gasteiger partial charge in [-0.2, -0.15) is 0 Å². The Kier molecular flexibility index (Phi) is 4.36. The maximum absolute atomic E-state index is 12.5. The summed E-state index contributed by atoms with van der Waals surface area (Å²) in [6.07, 6.45) is 0.871. The molecule has 0 radical (unpaired) electrons. The van der Waals surface area contributed by atoms with Crippen molar-refractivity contribution in [3.05, 3.63) is 29.3 Å². The highest BCUT2D eigenvalue weighted by molar-refractivity contribution is 5.82. The van der Waals surface area contributed by atoms with Gasteiger partial charge in [0.2, 0.25) is 5.91 Å². The van der Waals surface area contributed by atoms with Crippen molar-refractivity contribution in [3.63, 3.8) is 0 Å². The van der Waals surface area contributed by atoms with Gasteiger partial charge in [-0.25, -0.2) is 5.43 Å². The normalized spacial score (nSPS) is 25.6. The molecule has 2 saturated heterocycles. The smallest absolute Gasteiger partial charge is 0.241 e. The molecular formula is C17H26N4O. The van der Waals surface area contributed by atoms with Crippen molar-refractivity contribution in [2.45, 2.75) is 39.3 Å². The monoisotopic (exact) mass is 302 g/mol. The van der Waals surface area contributed by atoms with Crippen LogP contribution in [0.5, 0.6) is 0 Å². The molecule has 2 fully saturated rings. The Morgan fingerprint density at radius 1 is 1.14 bits per heavy atom. The molecule has 1 aromatic carbocycles. The van der Waals surface area contributed by atoms with E-state index in [1.165, 1.54) is 16.8 Å². The molecule has 1 amide bonds. The third-order valence-electron chi connectivity index (χ3n) is 4.90. The summed E-state index contributed by atoms with van der Waals surface area (Å²) in [5.74, 6) is 0.234. The molecule has 2 aliphatic rings. The second kappa shape index (κ2) is 6.26. The molecule has 5 heteroatoms. The highest BCUT2D eigenvalue weighted by atomic mass is 16.2. The molecule has 0 bridgehead atoms. The van der Waals surface area contributed by atoms with Gasteiger partial charge in [-0.1, -0.05) is 12.1 Å². The van der Waals surface area contributed by atoms with E-state index in [0.717, 1.165) is 32.6 Å². The first-order valence-electron chi connectivity index (χ1n) is 8.17. The first kappa shape index (κ1) is 15.3. The molecule has 2 aliphatic heterocycles. The SMILES string of the molecule is Cc1cccc(N2CCN(C(=O)C3CC(C)NN3)CC2)c1C. The lowest BCUT2D eigenvalue weighted by Gasteiger charge is -2.38. The summed E-state index contributed by atoms with van der Waals surface area (Å²) in [4.78, 5) is 16.9. The maximum Gasteiger partial charge on any atom is 0.241 e. The summed E-state index contributed by atoms with van der Waals surface area (Å²) in [5, 5.41) is 0. The fourth-order valence-corrected chi connectivity index (χ4v) is 3.34. The fraction of sp³-hybridized carbons (Fsp3) is 0.588. The minimum absolute atomic E-state index is 0.0674. The molecule has 3 rings (SSSR count). The second-order valence-corrected chi connectivity index (χ2v) is 6.51. The van der Waals surface area contributed by atoms with Crippen molar-refractivity contribution < 1.29 is 4.79 Å². The topological polar surface area (TPSA) is 47.6 Å². The van der Waals surface area contributed by atoms with E-state index in [4.69, 9.17) is 0 Å². The van der Waals surface area contributed by atoms with Crippen LogP contribution in [0, 0.1) is 13.8 Å². The van der Waals surface area contributed by atoms with Crippen LogP contribution in [-0.2, 0) is 4.79 Å². The van der Waals surface area contributed by atoms with Gasteiger partial charge >= 0.3 is 0 Å². The number of piperazine rings is 1. The van der Waals surface area contributed by atoms with Crippen molar-refractivity contribution in [2.75, 3.05) is 31.1 Å². The van der Waals surface area contributed by atoms with Crippen LogP contribution in [0.3, 0.4) is 0 Å². The van der Waals surface area contributed by atoms with Crippen molar-refractivity contribution in [1.29, 1.82) is 0 Å². The van der Waals surface area contributed by atoms with Crippen LogP contribution in [0.4, 0.5) is 5.69 Å². The lowest BCUT2D eigenvalue weighted by Crippen LogP contribution is -2.53. The van der Waals surface area contributed by atoms with Crippen LogP contribution in [0.25, 0.3) is 0 Å². The van der Waals surface area contributed by atoms with Crippen LogP contribution in [-0.4, -0.2) is 49.1 Å². The number of anilines is 1. The molecule has 0 spiro atoms. The minimum Gasteiger partial charge on any atom is -0.368 e. The average molecular weight is 302 g/mol. The summed E-state index contributed by atoms with van der Waals surface area (Å²) < 4.78 is 0. The van der Waals surface area contributed by atoms with Crippen molar-refractivity contribution in [2.24, 2.45) is 0 Å². The maximum atomic E-state index is 12.5. The zero-order valence-corrected chi connectivity index (χ0v) is 13.7. The summed E-state index contributed by atoms with van der Waals surface area (Å²) in [5.41, 5.74) is 10.2. The number of aryl methyl sites for hydroxylation is 1. The van der Waals surface area contributed by atoms with E-state index >= 15 is 0 Å². The first-order chi connectivity index (χ1) is 10.6. The van der Waals surface area contributed by atoms with Gasteiger partial charge in [0.05, 0.1) is 0 Å². The van der Waals surface area contributed by atoms with E-state index in [-0.39, 0.29) is 11.9 Å². The molecule has 0 saturated carbocycles. The quantitative estimate of drug-likeness (QED) is 0.862. The van der Waals surface area contributed by atoms with Crippen LogP contribution in [0.2, 0.25) is 0 Å². The molecule has 2 atom stereocenters. The Labute approximate surface area is 132 Å². The number of hydrazine groups is 1. The van der Waals surface area contributed by atoms with Crippen molar-refractivity contribution in [3.8, 4) is 0 Å². The van der Waals surface area contributed by atoms with E-state index in [1.54, 1.807) is 0 Å². The second-order valence-electron chi connectivity index (χ2n) is 6.51. The highest BCUT2D eigenvalue weighted by Gasteiger charge is 2.32. The number of nitrogens with one attached hydrogen (secondary N) is 2. The molecule has 0 aliphatic carbocycles. The van der Waals surface area contributed by atoms with Gasteiger partial charge in [0, 0.05) is 37.9 Å². The molecule has 2 N–H and O–H groups in total. The van der Waals surface area contributed by atoms with E-state index in [2.05, 4.69) is 54.7 Å². The number of rotatable bonds is 2. The van der Waals surface area contributed by atoms with Crippen LogP contribution in [0.1, 0.15) is 24.5 Å². The zero-order chi connectivity index (χ0) is 15.7. The lowest BCUT2D eigenvalue weighted by molar-refractivity contribution is -0.133.